The average Bonchev–Trinajstić information content (AvgIpc) is 3.45. The van der Waals surface area contributed by atoms with Crippen molar-refractivity contribution in [3.8, 4) is 0 Å². The number of benzene rings is 1. The maximum Gasteiger partial charge on any atom is 0.204 e. The Bertz CT molecular complexity index is 1130. The zero-order valence-electron chi connectivity index (χ0n) is 24.4. The van der Waals surface area contributed by atoms with E-state index in [4.69, 9.17) is 9.90 Å². The number of unbranched alkanes of at least 4 members (excludes halogenated alkanes) is 3. The van der Waals surface area contributed by atoms with Gasteiger partial charge in [0.25, 0.3) is 0 Å². The third kappa shape index (κ3) is 9.11. The van der Waals surface area contributed by atoms with Gasteiger partial charge in [0.2, 0.25) is 6.41 Å². The number of fused-ring (bicyclic) bond motifs is 1. The van der Waals surface area contributed by atoms with Gasteiger partial charge in [0.1, 0.15) is 18.0 Å². The topological polar surface area (TPSA) is 120 Å². The zero-order chi connectivity index (χ0) is 28.9. The SMILES string of the molecule is C[C@@H](Nc1ncnc2c1CC(C1=CCC(CN3CCN(CCCCCCO)CC3)C=C1)N2)c1ccccc1.NC=O. The Hall–Kier alpha value is -3.27. The number of nitrogens with two attached hydrogens (primary N) is 1. The minimum Gasteiger partial charge on any atom is -0.396 e. The highest BCUT2D eigenvalue weighted by molar-refractivity contribution is 5.64. The van der Waals surface area contributed by atoms with Crippen molar-refractivity contribution in [1.29, 1.82) is 0 Å². The van der Waals surface area contributed by atoms with Gasteiger partial charge in [-0.25, -0.2) is 9.97 Å². The standard InChI is InChI=1S/C31H44N6O.CH3NO/c1-24(26-9-5-4-6-10-26)34-30-28-21-29(35-31(28)33-23-32-30)27-13-11-25(12-14-27)22-37-18-16-36(17-19-37)15-7-2-3-8-20-38;2-1-3/h4-6,9-11,13-14,23-25,29,38H,2-3,7-8,12,15-22H2,1H3,(H2,32,33,34,35);1H,(H2,2,3)/t24-,25?,29?;/m1./s1. The smallest absolute Gasteiger partial charge is 0.204 e. The van der Waals surface area contributed by atoms with Crippen LogP contribution in [0.1, 0.15) is 56.2 Å². The molecule has 0 spiro atoms. The molecule has 2 aromatic rings. The van der Waals surface area contributed by atoms with E-state index < -0.39 is 0 Å². The summed E-state index contributed by atoms with van der Waals surface area (Å²) < 4.78 is 0. The lowest BCUT2D eigenvalue weighted by atomic mass is 9.91. The monoisotopic (exact) mass is 561 g/mol. The van der Waals surface area contributed by atoms with E-state index in [1.54, 1.807) is 6.33 Å². The molecule has 0 radical (unpaired) electrons. The van der Waals surface area contributed by atoms with Crippen LogP contribution in [-0.4, -0.2) is 83.2 Å². The summed E-state index contributed by atoms with van der Waals surface area (Å²) in [5.41, 5.74) is 7.97. The third-order valence-corrected chi connectivity index (χ3v) is 8.28. The number of aromatic nitrogens is 2. The summed E-state index contributed by atoms with van der Waals surface area (Å²) in [6, 6.07) is 10.9. The predicted octanol–water partition coefficient (Wildman–Crippen LogP) is 3.76. The first-order valence-electron chi connectivity index (χ1n) is 15.1. The predicted molar refractivity (Wildman–Crippen MR) is 166 cm³/mol. The number of allylic oxidation sites excluding steroid dienone is 1. The number of piperazine rings is 1. The van der Waals surface area contributed by atoms with E-state index in [1.165, 1.54) is 62.3 Å². The Balaban J connectivity index is 0.00000124. The van der Waals surface area contributed by atoms with Gasteiger partial charge in [-0.1, -0.05) is 61.4 Å². The first-order chi connectivity index (χ1) is 20.1. The molecule has 1 aliphatic carbocycles. The molecule has 2 aliphatic heterocycles. The van der Waals surface area contributed by atoms with Gasteiger partial charge < -0.3 is 31.3 Å². The average molecular weight is 562 g/mol. The highest BCUT2D eigenvalue weighted by Gasteiger charge is 2.29. The lowest BCUT2D eigenvalue weighted by Crippen LogP contribution is -2.47. The van der Waals surface area contributed by atoms with Crippen LogP contribution in [0.15, 0.2) is 60.5 Å². The van der Waals surface area contributed by atoms with Crippen molar-refractivity contribution in [3.63, 3.8) is 0 Å². The Morgan fingerprint density at radius 1 is 1.10 bits per heavy atom. The van der Waals surface area contributed by atoms with Crippen LogP contribution < -0.4 is 16.4 Å². The minimum atomic E-state index is 0.183. The molecule has 9 heteroatoms. The van der Waals surface area contributed by atoms with Crippen LogP contribution in [0.3, 0.4) is 0 Å². The Labute approximate surface area is 244 Å². The van der Waals surface area contributed by atoms with E-state index in [1.807, 2.05) is 6.07 Å². The molecule has 9 nitrogen and oxygen atoms in total. The molecule has 3 heterocycles. The van der Waals surface area contributed by atoms with Crippen LogP contribution in [0.4, 0.5) is 11.6 Å². The minimum absolute atomic E-state index is 0.183. The van der Waals surface area contributed by atoms with Crippen LogP contribution >= 0.6 is 0 Å². The summed E-state index contributed by atoms with van der Waals surface area (Å²) in [4.78, 5) is 23.0. The second kappa shape index (κ2) is 16.2. The van der Waals surface area contributed by atoms with E-state index >= 15 is 0 Å². The number of rotatable bonds is 12. The molecule has 222 valence electrons. The van der Waals surface area contributed by atoms with E-state index in [-0.39, 0.29) is 18.5 Å². The second-order valence-corrected chi connectivity index (χ2v) is 11.2. The summed E-state index contributed by atoms with van der Waals surface area (Å²) in [5.74, 6) is 2.48. The first-order valence-corrected chi connectivity index (χ1v) is 15.1. The number of carbonyl (C=O) groups excluding carboxylic acids is 1. The molecule has 0 bridgehead atoms. The molecular weight excluding hydrogens is 514 g/mol. The number of hydrogen-bond donors (Lipinski definition) is 4. The fourth-order valence-electron chi connectivity index (χ4n) is 5.91. The van der Waals surface area contributed by atoms with Crippen molar-refractivity contribution in [3.05, 3.63) is 71.6 Å². The number of aliphatic hydroxyl groups excluding tert-OH is 1. The molecule has 1 fully saturated rings. The molecule has 5 N–H and O–H groups in total. The largest absolute Gasteiger partial charge is 0.396 e. The van der Waals surface area contributed by atoms with Crippen LogP contribution in [0.25, 0.3) is 0 Å². The fourth-order valence-corrected chi connectivity index (χ4v) is 5.91. The molecule has 2 unspecified atom stereocenters. The number of primary amides is 1. The van der Waals surface area contributed by atoms with Crippen LogP contribution in [0.5, 0.6) is 0 Å². The lowest BCUT2D eigenvalue weighted by molar-refractivity contribution is -0.106. The van der Waals surface area contributed by atoms with Crippen molar-refractivity contribution < 1.29 is 9.90 Å². The quantitative estimate of drug-likeness (QED) is 0.228. The summed E-state index contributed by atoms with van der Waals surface area (Å²) in [5, 5.41) is 16.2. The molecule has 5 rings (SSSR count). The Morgan fingerprint density at radius 3 is 2.54 bits per heavy atom. The normalized spacial score (nSPS) is 21.2. The van der Waals surface area contributed by atoms with E-state index in [0.717, 1.165) is 43.9 Å². The third-order valence-electron chi connectivity index (χ3n) is 8.28. The Morgan fingerprint density at radius 2 is 1.83 bits per heavy atom. The number of anilines is 2. The van der Waals surface area contributed by atoms with E-state index in [9.17, 15) is 0 Å². The van der Waals surface area contributed by atoms with Crippen LogP contribution in [-0.2, 0) is 11.2 Å². The summed E-state index contributed by atoms with van der Waals surface area (Å²) in [7, 11) is 0. The van der Waals surface area contributed by atoms with Gasteiger partial charge in [0.05, 0.1) is 6.04 Å². The van der Waals surface area contributed by atoms with Crippen molar-refractivity contribution in [2.45, 2.75) is 57.5 Å². The molecule has 1 aromatic heterocycles. The lowest BCUT2D eigenvalue weighted by Gasteiger charge is -2.36. The summed E-state index contributed by atoms with van der Waals surface area (Å²) >= 11 is 0. The maximum atomic E-state index is 8.92. The number of aliphatic hydroxyl groups is 1. The highest BCUT2D eigenvalue weighted by Crippen LogP contribution is 2.34. The summed E-state index contributed by atoms with van der Waals surface area (Å²) in [6.07, 6.45) is 15.7. The van der Waals surface area contributed by atoms with Crippen molar-refractivity contribution in [1.82, 2.24) is 19.8 Å². The maximum absolute atomic E-state index is 8.92. The van der Waals surface area contributed by atoms with Gasteiger partial charge in [-0.2, -0.15) is 0 Å². The van der Waals surface area contributed by atoms with Gasteiger partial charge in [-0.15, -0.1) is 0 Å². The second-order valence-electron chi connectivity index (χ2n) is 11.2. The molecule has 1 aromatic carbocycles. The van der Waals surface area contributed by atoms with Gasteiger partial charge in [0.15, 0.2) is 0 Å². The van der Waals surface area contributed by atoms with Crippen LogP contribution in [0.2, 0.25) is 0 Å². The molecule has 1 saturated heterocycles. The Kier molecular flexibility index (Phi) is 12.2. The van der Waals surface area contributed by atoms with Gasteiger partial charge in [-0.3, -0.25) is 4.79 Å². The molecule has 0 saturated carbocycles. The number of nitrogens with zero attached hydrogens (tertiary/aromatic N) is 4. The zero-order valence-corrected chi connectivity index (χ0v) is 24.4. The number of nitrogens with one attached hydrogen (secondary N) is 2. The number of carbonyl (C=O) groups is 1. The van der Waals surface area contributed by atoms with E-state index in [2.05, 4.69) is 85.6 Å². The van der Waals surface area contributed by atoms with Gasteiger partial charge in [-0.05, 0) is 49.8 Å². The van der Waals surface area contributed by atoms with Gasteiger partial charge >= 0.3 is 0 Å². The molecule has 41 heavy (non-hydrogen) atoms. The fraction of sp³-hybridized carbons (Fsp3) is 0.531. The van der Waals surface area contributed by atoms with Crippen molar-refractivity contribution in [2.75, 3.05) is 56.5 Å². The molecular formula is C32H47N7O2. The number of amides is 1. The van der Waals surface area contributed by atoms with Gasteiger partial charge in [0, 0.05) is 57.4 Å². The van der Waals surface area contributed by atoms with E-state index in [0.29, 0.717) is 12.5 Å². The van der Waals surface area contributed by atoms with Crippen LogP contribution in [0, 0.1) is 5.92 Å². The highest BCUT2D eigenvalue weighted by atomic mass is 16.2. The molecule has 3 aliphatic rings. The number of hydrogen-bond acceptors (Lipinski definition) is 8. The molecule has 1 amide bonds. The van der Waals surface area contributed by atoms with Crippen molar-refractivity contribution >= 4 is 18.0 Å². The molecule has 3 atom stereocenters. The van der Waals surface area contributed by atoms with Crippen molar-refractivity contribution in [2.24, 2.45) is 11.7 Å². The first kappa shape index (κ1) is 30.7. The summed E-state index contributed by atoms with van der Waals surface area (Å²) in [6.45, 7) is 9.58.